The normalized spacial score (nSPS) is 16.1. The number of hydrogen-bond acceptors (Lipinski definition) is 7. The minimum absolute atomic E-state index is 0.154. The first-order valence-corrected chi connectivity index (χ1v) is 13.8. The summed E-state index contributed by atoms with van der Waals surface area (Å²) in [5.74, 6) is 0.547. The van der Waals surface area contributed by atoms with Crippen molar-refractivity contribution in [1.82, 2.24) is 10.3 Å². The summed E-state index contributed by atoms with van der Waals surface area (Å²) >= 11 is 0. The monoisotopic (exact) mass is 535 g/mol. The molecule has 39 heavy (non-hydrogen) atoms. The zero-order valence-electron chi connectivity index (χ0n) is 24.0. The van der Waals surface area contributed by atoms with Gasteiger partial charge in [0.25, 0.3) is 11.5 Å². The lowest BCUT2D eigenvalue weighted by Crippen LogP contribution is -2.40. The molecule has 2 N–H and O–H groups in total. The highest BCUT2D eigenvalue weighted by molar-refractivity contribution is 6.08. The number of anilines is 1. The summed E-state index contributed by atoms with van der Waals surface area (Å²) in [7, 11) is 1.60. The highest BCUT2D eigenvalue weighted by Crippen LogP contribution is 2.31. The Labute approximate surface area is 230 Å². The van der Waals surface area contributed by atoms with E-state index in [9.17, 15) is 9.59 Å². The van der Waals surface area contributed by atoms with E-state index in [1.54, 1.807) is 7.11 Å². The second kappa shape index (κ2) is 12.6. The van der Waals surface area contributed by atoms with E-state index >= 15 is 0 Å². The van der Waals surface area contributed by atoms with E-state index in [1.807, 2.05) is 26.0 Å². The number of pyridine rings is 1. The van der Waals surface area contributed by atoms with Crippen LogP contribution in [0.5, 0.6) is 0 Å². The summed E-state index contributed by atoms with van der Waals surface area (Å²) in [6.45, 7) is 13.3. The minimum Gasteiger partial charge on any atom is -0.483 e. The van der Waals surface area contributed by atoms with Crippen LogP contribution in [0.4, 0.5) is 5.69 Å². The molecule has 4 rings (SSSR count). The van der Waals surface area contributed by atoms with Crippen molar-refractivity contribution in [1.29, 1.82) is 0 Å². The highest BCUT2D eigenvalue weighted by Gasteiger charge is 2.26. The number of H-pyrrole nitrogens is 1. The third-order valence-corrected chi connectivity index (χ3v) is 7.64. The van der Waals surface area contributed by atoms with Gasteiger partial charge in [-0.2, -0.15) is 0 Å². The SMILES string of the molecule is CCN(c1cc(C2=NCC(OC)=NC2)cc(C(=O)NCc2c(C(C)C)cc(C)[nH]c2=O)c1C)C1CCOCC1. The topological polar surface area (TPSA) is 108 Å². The second-order valence-corrected chi connectivity index (χ2v) is 10.5. The smallest absolute Gasteiger partial charge is 0.253 e. The summed E-state index contributed by atoms with van der Waals surface area (Å²) in [5, 5.41) is 3.04. The number of hydrogen-bond donors (Lipinski definition) is 2. The molecule has 0 aliphatic carbocycles. The first-order chi connectivity index (χ1) is 18.7. The molecule has 0 radical (unpaired) electrons. The Hall–Kier alpha value is -3.46. The molecule has 1 saturated heterocycles. The van der Waals surface area contributed by atoms with Gasteiger partial charge in [0, 0.05) is 60.4 Å². The highest BCUT2D eigenvalue weighted by atomic mass is 16.5. The predicted molar refractivity (Wildman–Crippen MR) is 156 cm³/mol. The van der Waals surface area contributed by atoms with Crippen LogP contribution in [0.1, 0.15) is 77.8 Å². The average Bonchev–Trinajstić information content (AvgIpc) is 2.94. The molecule has 2 aromatic rings. The van der Waals surface area contributed by atoms with Gasteiger partial charge < -0.3 is 24.7 Å². The maximum Gasteiger partial charge on any atom is 0.253 e. The third kappa shape index (κ3) is 6.41. The number of nitrogens with one attached hydrogen (secondary N) is 2. The molecule has 2 aliphatic rings. The molecule has 1 aromatic carbocycles. The van der Waals surface area contributed by atoms with E-state index in [0.29, 0.717) is 36.2 Å². The zero-order valence-corrected chi connectivity index (χ0v) is 24.0. The van der Waals surface area contributed by atoms with Crippen molar-refractivity contribution in [2.24, 2.45) is 9.98 Å². The van der Waals surface area contributed by atoms with Crippen molar-refractivity contribution in [3.63, 3.8) is 0 Å². The Balaban J connectivity index is 1.71. The van der Waals surface area contributed by atoms with Gasteiger partial charge in [-0.15, -0.1) is 0 Å². The molecular weight excluding hydrogens is 494 g/mol. The van der Waals surface area contributed by atoms with Gasteiger partial charge in [0.05, 0.1) is 19.4 Å². The molecule has 0 unspecified atom stereocenters. The molecule has 3 heterocycles. The number of ether oxygens (including phenoxy) is 2. The quantitative estimate of drug-likeness (QED) is 0.533. The number of aromatic nitrogens is 1. The van der Waals surface area contributed by atoms with E-state index < -0.39 is 0 Å². The summed E-state index contributed by atoms with van der Waals surface area (Å²) in [5.41, 5.74) is 6.39. The lowest BCUT2D eigenvalue weighted by molar-refractivity contribution is 0.0845. The number of carbonyl (C=O) groups is 1. The van der Waals surface area contributed by atoms with Gasteiger partial charge in [0.1, 0.15) is 6.54 Å². The van der Waals surface area contributed by atoms with Gasteiger partial charge in [0.2, 0.25) is 5.90 Å². The van der Waals surface area contributed by atoms with Crippen molar-refractivity contribution in [2.75, 3.05) is 44.9 Å². The Bertz CT molecular complexity index is 1320. The summed E-state index contributed by atoms with van der Waals surface area (Å²) in [6, 6.07) is 6.36. The summed E-state index contributed by atoms with van der Waals surface area (Å²) in [4.78, 5) is 41.0. The number of rotatable bonds is 8. The van der Waals surface area contributed by atoms with Gasteiger partial charge >= 0.3 is 0 Å². The van der Waals surface area contributed by atoms with Crippen molar-refractivity contribution < 1.29 is 14.3 Å². The first-order valence-electron chi connectivity index (χ1n) is 13.8. The van der Waals surface area contributed by atoms with Gasteiger partial charge in [0.15, 0.2) is 0 Å². The molecule has 9 heteroatoms. The molecule has 210 valence electrons. The molecule has 0 saturated carbocycles. The molecule has 1 aromatic heterocycles. The van der Waals surface area contributed by atoms with Crippen molar-refractivity contribution in [3.8, 4) is 0 Å². The van der Waals surface area contributed by atoms with Crippen LogP contribution < -0.4 is 15.8 Å². The van der Waals surface area contributed by atoms with E-state index in [0.717, 1.165) is 66.4 Å². The first kappa shape index (κ1) is 28.5. The largest absolute Gasteiger partial charge is 0.483 e. The fraction of sp³-hybridized carbons (Fsp3) is 0.533. The Morgan fingerprint density at radius 2 is 1.92 bits per heavy atom. The second-order valence-electron chi connectivity index (χ2n) is 10.5. The van der Waals surface area contributed by atoms with Crippen molar-refractivity contribution >= 4 is 23.2 Å². The molecule has 2 aliphatic heterocycles. The van der Waals surface area contributed by atoms with Crippen LogP contribution in [0.2, 0.25) is 0 Å². The van der Waals surface area contributed by atoms with Crippen LogP contribution in [0, 0.1) is 13.8 Å². The molecule has 0 bridgehead atoms. The summed E-state index contributed by atoms with van der Waals surface area (Å²) < 4.78 is 10.9. The number of nitrogens with zero attached hydrogens (tertiary/aromatic N) is 3. The fourth-order valence-corrected chi connectivity index (χ4v) is 5.46. The van der Waals surface area contributed by atoms with Gasteiger partial charge in [-0.1, -0.05) is 13.8 Å². The lowest BCUT2D eigenvalue weighted by Gasteiger charge is -2.37. The van der Waals surface area contributed by atoms with Crippen LogP contribution >= 0.6 is 0 Å². The zero-order chi connectivity index (χ0) is 28.1. The molecular formula is C30H41N5O4. The van der Waals surface area contributed by atoms with Gasteiger partial charge in [-0.25, -0.2) is 4.99 Å². The molecule has 1 amide bonds. The number of aryl methyl sites for hydroxylation is 1. The average molecular weight is 536 g/mol. The van der Waals surface area contributed by atoms with E-state index in [4.69, 9.17) is 14.5 Å². The third-order valence-electron chi connectivity index (χ3n) is 7.64. The molecule has 0 spiro atoms. The molecule has 0 atom stereocenters. The Kier molecular flexibility index (Phi) is 9.22. The standard InChI is InChI=1S/C30H41N5O4/c1-7-35(22-8-10-39-11-9-22)27-14-21(26-16-32-28(38-6)17-31-26)13-24(20(27)5)29(36)33-15-25-23(18(2)3)12-19(4)34-30(25)37/h12-14,18,22H,7-11,15-17H2,1-6H3,(H,33,36)(H,34,37). The van der Waals surface area contributed by atoms with Crippen LogP contribution in [0.3, 0.4) is 0 Å². The van der Waals surface area contributed by atoms with E-state index in [1.165, 1.54) is 0 Å². The number of carbonyl (C=O) groups excluding carboxylic acids is 1. The van der Waals surface area contributed by atoms with Crippen molar-refractivity contribution in [3.05, 3.63) is 62.1 Å². The van der Waals surface area contributed by atoms with Gasteiger partial charge in [-0.3, -0.25) is 14.6 Å². The van der Waals surface area contributed by atoms with Crippen LogP contribution in [-0.4, -0.2) is 68.5 Å². The Morgan fingerprint density at radius 3 is 2.54 bits per heavy atom. The number of aromatic amines is 1. The minimum atomic E-state index is -0.217. The van der Waals surface area contributed by atoms with E-state index in [2.05, 4.69) is 47.0 Å². The summed E-state index contributed by atoms with van der Waals surface area (Å²) in [6.07, 6.45) is 1.88. The predicted octanol–water partition coefficient (Wildman–Crippen LogP) is 3.90. The number of amides is 1. The van der Waals surface area contributed by atoms with Gasteiger partial charge in [-0.05, 0) is 68.9 Å². The maximum atomic E-state index is 13.7. The number of benzene rings is 1. The van der Waals surface area contributed by atoms with Crippen LogP contribution in [-0.2, 0) is 16.0 Å². The molecule has 1 fully saturated rings. The Morgan fingerprint density at radius 1 is 1.18 bits per heavy atom. The van der Waals surface area contributed by atoms with Crippen LogP contribution in [0.25, 0.3) is 0 Å². The fourth-order valence-electron chi connectivity index (χ4n) is 5.46. The van der Waals surface area contributed by atoms with E-state index in [-0.39, 0.29) is 23.9 Å². The van der Waals surface area contributed by atoms with Crippen LogP contribution in [0.15, 0.2) is 33.0 Å². The number of aliphatic imine (C=N–C) groups is 2. The van der Waals surface area contributed by atoms with Crippen molar-refractivity contribution in [2.45, 2.75) is 66.0 Å². The lowest BCUT2D eigenvalue weighted by atomic mass is 9.95. The maximum absolute atomic E-state index is 13.7. The number of methoxy groups -OCH3 is 1. The molecule has 9 nitrogen and oxygen atoms in total.